The van der Waals surface area contributed by atoms with E-state index in [1.807, 2.05) is 0 Å². The van der Waals surface area contributed by atoms with E-state index < -0.39 is 0 Å². The number of nitrogens with two attached hydrogens (primary N) is 1. The van der Waals surface area contributed by atoms with Crippen molar-refractivity contribution in [3.8, 4) is 11.5 Å². The average Bonchev–Trinajstić information content (AvgIpc) is 3.15. The first kappa shape index (κ1) is 12.7. The van der Waals surface area contributed by atoms with E-state index in [9.17, 15) is 4.39 Å². The lowest BCUT2D eigenvalue weighted by molar-refractivity contribution is 0.224. The van der Waals surface area contributed by atoms with Crippen LogP contribution in [0.15, 0.2) is 12.1 Å². The van der Waals surface area contributed by atoms with Crippen LogP contribution in [0.1, 0.15) is 37.7 Å². The number of benzene rings is 1. The molecule has 2 aliphatic carbocycles. The molecule has 1 aromatic rings. The Morgan fingerprint density at radius 1 is 1.37 bits per heavy atom. The molecule has 2 aliphatic rings. The Balaban J connectivity index is 2.06. The van der Waals surface area contributed by atoms with Crippen LogP contribution in [-0.4, -0.2) is 19.8 Å². The second-order valence-electron chi connectivity index (χ2n) is 5.64. The SMILES string of the molecule is COc1cc(F)cc(C2(CN)CCC2)c1OC1CC1. The lowest BCUT2D eigenvalue weighted by atomic mass is 9.64. The predicted octanol–water partition coefficient (Wildman–Crippen LogP) is 2.76. The highest BCUT2D eigenvalue weighted by Gasteiger charge is 2.41. The molecule has 3 rings (SSSR count). The Hall–Kier alpha value is -1.29. The van der Waals surface area contributed by atoms with Gasteiger partial charge in [0.05, 0.1) is 13.2 Å². The monoisotopic (exact) mass is 265 g/mol. The Bertz CT molecular complexity index is 476. The summed E-state index contributed by atoms with van der Waals surface area (Å²) in [5, 5.41) is 0. The Morgan fingerprint density at radius 2 is 2.11 bits per heavy atom. The minimum Gasteiger partial charge on any atom is -0.493 e. The highest BCUT2D eigenvalue weighted by atomic mass is 19.1. The van der Waals surface area contributed by atoms with Crippen molar-refractivity contribution in [2.75, 3.05) is 13.7 Å². The van der Waals surface area contributed by atoms with Gasteiger partial charge in [0.25, 0.3) is 0 Å². The number of methoxy groups -OCH3 is 1. The fourth-order valence-corrected chi connectivity index (χ4v) is 2.78. The zero-order valence-electron chi connectivity index (χ0n) is 11.2. The second-order valence-corrected chi connectivity index (χ2v) is 5.64. The normalized spacial score (nSPS) is 20.8. The number of hydrogen-bond acceptors (Lipinski definition) is 3. The van der Waals surface area contributed by atoms with Gasteiger partial charge in [0.15, 0.2) is 11.5 Å². The van der Waals surface area contributed by atoms with Crippen molar-refractivity contribution in [1.29, 1.82) is 0 Å². The summed E-state index contributed by atoms with van der Waals surface area (Å²) < 4.78 is 25.1. The van der Waals surface area contributed by atoms with Gasteiger partial charge in [-0.3, -0.25) is 0 Å². The van der Waals surface area contributed by atoms with E-state index in [1.54, 1.807) is 13.2 Å². The first-order valence-corrected chi connectivity index (χ1v) is 6.93. The smallest absolute Gasteiger partial charge is 0.165 e. The van der Waals surface area contributed by atoms with Gasteiger partial charge in [0.2, 0.25) is 0 Å². The van der Waals surface area contributed by atoms with E-state index in [-0.39, 0.29) is 17.3 Å². The van der Waals surface area contributed by atoms with Gasteiger partial charge in [-0.2, -0.15) is 0 Å². The van der Waals surface area contributed by atoms with Gasteiger partial charge in [0.1, 0.15) is 5.82 Å². The summed E-state index contributed by atoms with van der Waals surface area (Å²) in [4.78, 5) is 0. The molecule has 0 aromatic heterocycles. The van der Waals surface area contributed by atoms with Crippen molar-refractivity contribution in [1.82, 2.24) is 0 Å². The lowest BCUT2D eigenvalue weighted by Gasteiger charge is -2.42. The van der Waals surface area contributed by atoms with Crippen molar-refractivity contribution < 1.29 is 13.9 Å². The van der Waals surface area contributed by atoms with Crippen LogP contribution in [0.5, 0.6) is 11.5 Å². The van der Waals surface area contributed by atoms with Gasteiger partial charge in [-0.25, -0.2) is 4.39 Å². The van der Waals surface area contributed by atoms with E-state index in [0.717, 1.165) is 37.7 Å². The van der Waals surface area contributed by atoms with Crippen LogP contribution in [0.2, 0.25) is 0 Å². The molecule has 19 heavy (non-hydrogen) atoms. The quantitative estimate of drug-likeness (QED) is 0.890. The maximum Gasteiger partial charge on any atom is 0.165 e. The Kier molecular flexibility index (Phi) is 3.13. The molecule has 4 heteroatoms. The maximum absolute atomic E-state index is 13.8. The largest absolute Gasteiger partial charge is 0.493 e. The van der Waals surface area contributed by atoms with Gasteiger partial charge in [-0.05, 0) is 31.7 Å². The number of hydrogen-bond donors (Lipinski definition) is 1. The predicted molar refractivity (Wildman–Crippen MR) is 71.2 cm³/mol. The molecule has 104 valence electrons. The van der Waals surface area contributed by atoms with E-state index in [2.05, 4.69) is 0 Å². The molecule has 0 bridgehead atoms. The molecule has 2 N–H and O–H groups in total. The maximum atomic E-state index is 13.8. The van der Waals surface area contributed by atoms with Crippen molar-refractivity contribution in [2.45, 2.75) is 43.6 Å². The van der Waals surface area contributed by atoms with Crippen LogP contribution in [0.3, 0.4) is 0 Å². The third-order valence-corrected chi connectivity index (χ3v) is 4.32. The first-order chi connectivity index (χ1) is 9.18. The van der Waals surface area contributed by atoms with Crippen LogP contribution < -0.4 is 15.2 Å². The molecule has 0 aliphatic heterocycles. The van der Waals surface area contributed by atoms with Gasteiger partial charge in [0, 0.05) is 23.6 Å². The minimum absolute atomic E-state index is 0.125. The van der Waals surface area contributed by atoms with E-state index in [1.165, 1.54) is 6.07 Å². The second kappa shape index (κ2) is 4.67. The summed E-state index contributed by atoms with van der Waals surface area (Å²) in [5.41, 5.74) is 6.71. The van der Waals surface area contributed by atoms with E-state index >= 15 is 0 Å². The van der Waals surface area contributed by atoms with Crippen LogP contribution >= 0.6 is 0 Å². The molecule has 0 atom stereocenters. The third kappa shape index (κ3) is 2.18. The van der Waals surface area contributed by atoms with E-state index in [0.29, 0.717) is 18.0 Å². The van der Waals surface area contributed by atoms with Gasteiger partial charge < -0.3 is 15.2 Å². The van der Waals surface area contributed by atoms with Crippen molar-refractivity contribution in [3.05, 3.63) is 23.5 Å². The summed E-state index contributed by atoms with van der Waals surface area (Å²) in [6, 6.07) is 2.97. The van der Waals surface area contributed by atoms with Crippen LogP contribution in [0, 0.1) is 5.82 Å². The lowest BCUT2D eigenvalue weighted by Crippen LogP contribution is -2.42. The molecule has 0 amide bonds. The Morgan fingerprint density at radius 3 is 2.58 bits per heavy atom. The van der Waals surface area contributed by atoms with Gasteiger partial charge in [-0.1, -0.05) is 6.42 Å². The summed E-state index contributed by atoms with van der Waals surface area (Å²) in [6.07, 6.45) is 5.52. The molecule has 2 fully saturated rings. The number of ether oxygens (including phenoxy) is 2. The molecule has 0 radical (unpaired) electrons. The van der Waals surface area contributed by atoms with Crippen molar-refractivity contribution in [3.63, 3.8) is 0 Å². The van der Waals surface area contributed by atoms with Crippen molar-refractivity contribution >= 4 is 0 Å². The van der Waals surface area contributed by atoms with Gasteiger partial charge in [-0.15, -0.1) is 0 Å². The summed E-state index contributed by atoms with van der Waals surface area (Å²) in [5.74, 6) is 0.910. The van der Waals surface area contributed by atoms with Crippen LogP contribution in [-0.2, 0) is 5.41 Å². The fourth-order valence-electron chi connectivity index (χ4n) is 2.78. The third-order valence-electron chi connectivity index (χ3n) is 4.32. The topological polar surface area (TPSA) is 44.5 Å². The van der Waals surface area contributed by atoms with Crippen molar-refractivity contribution in [2.24, 2.45) is 5.73 Å². The Labute approximate surface area is 112 Å². The molecular formula is C15H20FNO2. The summed E-state index contributed by atoms with van der Waals surface area (Å²) in [7, 11) is 1.55. The highest BCUT2D eigenvalue weighted by molar-refractivity contribution is 5.52. The summed E-state index contributed by atoms with van der Waals surface area (Å²) >= 11 is 0. The molecule has 2 saturated carbocycles. The van der Waals surface area contributed by atoms with Crippen LogP contribution in [0.4, 0.5) is 4.39 Å². The highest BCUT2D eigenvalue weighted by Crippen LogP contribution is 2.50. The van der Waals surface area contributed by atoms with Crippen LogP contribution in [0.25, 0.3) is 0 Å². The first-order valence-electron chi connectivity index (χ1n) is 6.93. The molecule has 0 spiro atoms. The zero-order chi connectivity index (χ0) is 13.5. The molecule has 0 heterocycles. The molecule has 3 nitrogen and oxygen atoms in total. The standard InChI is InChI=1S/C15H20FNO2/c1-18-13-8-10(16)7-12(14(13)19-11-3-4-11)15(9-17)5-2-6-15/h7-8,11H,2-6,9,17H2,1H3. The molecule has 1 aromatic carbocycles. The van der Waals surface area contributed by atoms with E-state index in [4.69, 9.17) is 15.2 Å². The molecular weight excluding hydrogens is 245 g/mol. The number of rotatable bonds is 5. The molecule has 0 saturated heterocycles. The molecule has 0 unspecified atom stereocenters. The number of halogens is 1. The van der Waals surface area contributed by atoms with Gasteiger partial charge >= 0.3 is 0 Å². The zero-order valence-corrected chi connectivity index (χ0v) is 11.2. The average molecular weight is 265 g/mol. The fraction of sp³-hybridized carbons (Fsp3) is 0.600. The minimum atomic E-state index is -0.283. The summed E-state index contributed by atoms with van der Waals surface area (Å²) in [6.45, 7) is 0.528.